The summed E-state index contributed by atoms with van der Waals surface area (Å²) in [5, 5.41) is 0. The van der Waals surface area contributed by atoms with Crippen LogP contribution in [0, 0.1) is 0 Å². The highest BCUT2D eigenvalue weighted by molar-refractivity contribution is 5.54. The first-order valence-corrected chi connectivity index (χ1v) is 4.13. The highest BCUT2D eigenvalue weighted by Gasteiger charge is 2.19. The minimum atomic E-state index is 0.221. The van der Waals surface area contributed by atoms with Gasteiger partial charge in [0.25, 0.3) is 0 Å². The molecule has 2 rings (SSSR count). The summed E-state index contributed by atoms with van der Waals surface area (Å²) >= 11 is 0. The van der Waals surface area contributed by atoms with Gasteiger partial charge in [0.15, 0.2) is 11.5 Å². The number of nitrogens with two attached hydrogens (primary N) is 1. The predicted octanol–water partition coefficient (Wildman–Crippen LogP) is 0.814. The van der Waals surface area contributed by atoms with Crippen molar-refractivity contribution in [1.29, 1.82) is 0 Å². The molecule has 0 saturated carbocycles. The number of ether oxygens (including phenoxy) is 3. The van der Waals surface area contributed by atoms with E-state index in [0.717, 1.165) is 5.56 Å². The molecule has 0 fully saturated rings. The summed E-state index contributed by atoms with van der Waals surface area (Å²) in [5.41, 5.74) is 0.883. The van der Waals surface area contributed by atoms with Crippen molar-refractivity contribution in [2.24, 2.45) is 5.90 Å². The summed E-state index contributed by atoms with van der Waals surface area (Å²) in [6, 6.07) is 3.62. The maximum absolute atomic E-state index is 5.23. The molecule has 0 bridgehead atoms. The third kappa shape index (κ3) is 1.47. The summed E-state index contributed by atoms with van der Waals surface area (Å²) in [6.45, 7) is 0.533. The second-order valence-electron chi connectivity index (χ2n) is 2.84. The molecule has 0 aromatic heterocycles. The minimum absolute atomic E-state index is 0.221. The molecular weight excluding hydrogens is 186 g/mol. The molecule has 1 aliphatic rings. The number of hydrogen-bond donors (Lipinski definition) is 1. The van der Waals surface area contributed by atoms with Gasteiger partial charge in [0.1, 0.15) is 0 Å². The third-order valence-corrected chi connectivity index (χ3v) is 1.97. The number of rotatable bonds is 3. The highest BCUT2D eigenvalue weighted by Crippen LogP contribution is 2.41. The largest absolute Gasteiger partial charge is 0.493 e. The summed E-state index contributed by atoms with van der Waals surface area (Å²) < 4.78 is 15.6. The maximum Gasteiger partial charge on any atom is 0.231 e. The SMILES string of the molecule is COc1cc(CON)cc2c1OCO2. The summed E-state index contributed by atoms with van der Waals surface area (Å²) in [6.07, 6.45) is 0. The van der Waals surface area contributed by atoms with E-state index in [4.69, 9.17) is 20.1 Å². The lowest BCUT2D eigenvalue weighted by Crippen LogP contribution is -1.99. The first-order valence-electron chi connectivity index (χ1n) is 4.13. The molecule has 0 amide bonds. The van der Waals surface area contributed by atoms with Crippen LogP contribution < -0.4 is 20.1 Å². The lowest BCUT2D eigenvalue weighted by molar-refractivity contribution is 0.123. The molecule has 0 atom stereocenters. The molecule has 0 radical (unpaired) electrons. The van der Waals surface area contributed by atoms with Crippen LogP contribution in [0.25, 0.3) is 0 Å². The Balaban J connectivity index is 2.39. The number of fused-ring (bicyclic) bond motifs is 1. The first kappa shape index (κ1) is 9.11. The molecule has 0 saturated heterocycles. The van der Waals surface area contributed by atoms with Crippen LogP contribution in [0.15, 0.2) is 12.1 Å². The zero-order chi connectivity index (χ0) is 9.97. The van der Waals surface area contributed by atoms with E-state index < -0.39 is 0 Å². The Hall–Kier alpha value is -1.46. The maximum atomic E-state index is 5.23. The average Bonchev–Trinajstić information content (AvgIpc) is 2.65. The molecule has 0 unspecified atom stereocenters. The normalized spacial score (nSPS) is 13.0. The lowest BCUT2D eigenvalue weighted by Gasteiger charge is -2.06. The lowest BCUT2D eigenvalue weighted by atomic mass is 10.2. The van der Waals surface area contributed by atoms with Crippen LogP contribution in [0.3, 0.4) is 0 Å². The smallest absolute Gasteiger partial charge is 0.231 e. The van der Waals surface area contributed by atoms with E-state index in [1.807, 2.05) is 6.07 Å². The van der Waals surface area contributed by atoms with Gasteiger partial charge in [-0.05, 0) is 17.7 Å². The fourth-order valence-corrected chi connectivity index (χ4v) is 1.36. The molecule has 14 heavy (non-hydrogen) atoms. The van der Waals surface area contributed by atoms with E-state index in [1.165, 1.54) is 0 Å². The minimum Gasteiger partial charge on any atom is -0.493 e. The summed E-state index contributed by atoms with van der Waals surface area (Å²) in [7, 11) is 1.57. The third-order valence-electron chi connectivity index (χ3n) is 1.97. The topological polar surface area (TPSA) is 62.9 Å². The molecule has 76 valence electrons. The zero-order valence-corrected chi connectivity index (χ0v) is 7.78. The van der Waals surface area contributed by atoms with Crippen molar-refractivity contribution in [1.82, 2.24) is 0 Å². The van der Waals surface area contributed by atoms with Gasteiger partial charge in [-0.15, -0.1) is 0 Å². The van der Waals surface area contributed by atoms with E-state index in [0.29, 0.717) is 23.9 Å². The Kier molecular flexibility index (Phi) is 2.43. The van der Waals surface area contributed by atoms with Crippen molar-refractivity contribution in [3.63, 3.8) is 0 Å². The van der Waals surface area contributed by atoms with Gasteiger partial charge in [-0.25, -0.2) is 5.90 Å². The number of methoxy groups -OCH3 is 1. The molecule has 1 aliphatic heterocycles. The van der Waals surface area contributed by atoms with Crippen LogP contribution in [0.2, 0.25) is 0 Å². The summed E-state index contributed by atoms with van der Waals surface area (Å²) in [5.74, 6) is 6.91. The van der Waals surface area contributed by atoms with E-state index in [2.05, 4.69) is 4.84 Å². The molecule has 2 N–H and O–H groups in total. The van der Waals surface area contributed by atoms with Crippen LogP contribution in [0.1, 0.15) is 5.56 Å². The van der Waals surface area contributed by atoms with Gasteiger partial charge in [0.2, 0.25) is 12.5 Å². The first-order chi connectivity index (χ1) is 6.85. The summed E-state index contributed by atoms with van der Waals surface area (Å²) in [4.78, 5) is 4.54. The fourth-order valence-electron chi connectivity index (χ4n) is 1.36. The Morgan fingerprint density at radius 1 is 1.43 bits per heavy atom. The van der Waals surface area contributed by atoms with Gasteiger partial charge in [0, 0.05) is 0 Å². The van der Waals surface area contributed by atoms with E-state index in [-0.39, 0.29) is 6.79 Å². The van der Waals surface area contributed by atoms with E-state index in [9.17, 15) is 0 Å². The standard InChI is InChI=1S/C9H11NO4/c1-11-7-2-6(4-14-10)3-8-9(7)13-5-12-8/h2-3H,4-5,10H2,1H3. The van der Waals surface area contributed by atoms with Crippen LogP contribution in [0.4, 0.5) is 0 Å². The van der Waals surface area contributed by atoms with Gasteiger partial charge in [-0.2, -0.15) is 0 Å². The molecule has 1 heterocycles. The van der Waals surface area contributed by atoms with Gasteiger partial charge in [-0.3, -0.25) is 4.84 Å². The molecule has 0 aliphatic carbocycles. The van der Waals surface area contributed by atoms with Crippen molar-refractivity contribution in [3.05, 3.63) is 17.7 Å². The van der Waals surface area contributed by atoms with Crippen molar-refractivity contribution < 1.29 is 19.0 Å². The Bertz CT molecular complexity index is 340. The van der Waals surface area contributed by atoms with Gasteiger partial charge in [-0.1, -0.05) is 0 Å². The van der Waals surface area contributed by atoms with Gasteiger partial charge in [0.05, 0.1) is 13.7 Å². The molecular formula is C9H11NO4. The van der Waals surface area contributed by atoms with Crippen molar-refractivity contribution in [2.45, 2.75) is 6.61 Å². The molecule has 1 aromatic carbocycles. The molecule has 1 aromatic rings. The monoisotopic (exact) mass is 197 g/mol. The fraction of sp³-hybridized carbons (Fsp3) is 0.333. The zero-order valence-electron chi connectivity index (χ0n) is 7.78. The average molecular weight is 197 g/mol. The molecule has 0 spiro atoms. The van der Waals surface area contributed by atoms with E-state index >= 15 is 0 Å². The second kappa shape index (κ2) is 3.73. The second-order valence-corrected chi connectivity index (χ2v) is 2.84. The van der Waals surface area contributed by atoms with Crippen molar-refractivity contribution >= 4 is 0 Å². The Morgan fingerprint density at radius 2 is 2.29 bits per heavy atom. The molecule has 5 heteroatoms. The van der Waals surface area contributed by atoms with Crippen LogP contribution in [0.5, 0.6) is 17.2 Å². The predicted molar refractivity (Wildman–Crippen MR) is 48.1 cm³/mol. The van der Waals surface area contributed by atoms with E-state index in [1.54, 1.807) is 13.2 Å². The van der Waals surface area contributed by atoms with Crippen LogP contribution >= 0.6 is 0 Å². The Morgan fingerprint density at radius 3 is 3.00 bits per heavy atom. The van der Waals surface area contributed by atoms with Crippen LogP contribution in [-0.4, -0.2) is 13.9 Å². The molecule has 5 nitrogen and oxygen atoms in total. The highest BCUT2D eigenvalue weighted by atomic mass is 16.7. The van der Waals surface area contributed by atoms with Crippen molar-refractivity contribution in [3.8, 4) is 17.2 Å². The van der Waals surface area contributed by atoms with Crippen molar-refractivity contribution in [2.75, 3.05) is 13.9 Å². The number of hydrogen-bond acceptors (Lipinski definition) is 5. The van der Waals surface area contributed by atoms with Crippen LogP contribution in [-0.2, 0) is 11.4 Å². The van der Waals surface area contributed by atoms with Gasteiger partial charge < -0.3 is 14.2 Å². The van der Waals surface area contributed by atoms with Gasteiger partial charge >= 0.3 is 0 Å². The quantitative estimate of drug-likeness (QED) is 0.726. The number of benzene rings is 1. The Labute approximate surface area is 81.3 Å².